The Hall–Kier alpha value is -4.34. The van der Waals surface area contributed by atoms with Gasteiger partial charge in [0.1, 0.15) is 17.1 Å². The Bertz CT molecular complexity index is 1190. The number of hydrogen-bond donors (Lipinski definition) is 4. The molecule has 0 atom stereocenters. The first kappa shape index (κ1) is 26.9. The molecule has 2 aromatic carbocycles. The zero-order chi connectivity index (χ0) is 25.6. The molecule has 10 nitrogen and oxygen atoms in total. The average molecular weight is 482 g/mol. The van der Waals surface area contributed by atoms with E-state index < -0.39 is 11.9 Å². The molecule has 0 unspecified atom stereocenters. The number of carboxylic acids is 1. The number of H-pyrrole nitrogens is 1. The van der Waals surface area contributed by atoms with Crippen LogP contribution in [0.5, 0.6) is 11.5 Å². The van der Waals surface area contributed by atoms with Crippen molar-refractivity contribution in [3.8, 4) is 11.5 Å². The fraction of sp³-hybridized carbons (Fsp3) is 0.280. The summed E-state index contributed by atoms with van der Waals surface area (Å²) in [6.45, 7) is 4.11. The minimum atomic E-state index is -1.11. The molecular formula is C25H31N5O5. The first-order chi connectivity index (χ1) is 16.8. The second-order valence-corrected chi connectivity index (χ2v) is 7.39. The maximum Gasteiger partial charge on any atom is 0.339 e. The Balaban J connectivity index is 0.000000283. The third-order valence-electron chi connectivity index (χ3n) is 4.72. The predicted molar refractivity (Wildman–Crippen MR) is 136 cm³/mol. The number of nitrogens with zero attached hydrogens (tertiary/aromatic N) is 2. The van der Waals surface area contributed by atoms with E-state index in [2.05, 4.69) is 32.2 Å². The van der Waals surface area contributed by atoms with E-state index in [9.17, 15) is 9.59 Å². The number of aromatic carboxylic acids is 1. The van der Waals surface area contributed by atoms with Crippen molar-refractivity contribution in [3.63, 3.8) is 0 Å². The number of nitrogens with two attached hydrogens (primary N) is 1. The second kappa shape index (κ2) is 14.0. The Morgan fingerprint density at radius 2 is 1.97 bits per heavy atom. The number of carbonyl (C=O) groups excluding carboxylic acids is 1. The van der Waals surface area contributed by atoms with Gasteiger partial charge >= 0.3 is 11.9 Å². The van der Waals surface area contributed by atoms with Gasteiger partial charge in [-0.25, -0.2) is 10.2 Å². The summed E-state index contributed by atoms with van der Waals surface area (Å²) in [5.74, 6) is -0.426. The first-order valence-corrected chi connectivity index (χ1v) is 11.1. The normalized spacial score (nSPS) is 11.1. The number of benzene rings is 2. The van der Waals surface area contributed by atoms with E-state index in [-0.39, 0.29) is 11.3 Å². The van der Waals surface area contributed by atoms with Crippen molar-refractivity contribution in [3.05, 3.63) is 59.8 Å². The Morgan fingerprint density at radius 1 is 1.20 bits per heavy atom. The third kappa shape index (κ3) is 8.84. The fourth-order valence-corrected chi connectivity index (χ4v) is 3.01. The summed E-state index contributed by atoms with van der Waals surface area (Å²) in [5.41, 5.74) is 10.5. The van der Waals surface area contributed by atoms with Crippen molar-refractivity contribution in [1.29, 1.82) is 0 Å². The molecule has 0 saturated carbocycles. The van der Waals surface area contributed by atoms with Crippen LogP contribution in [0.15, 0.2) is 58.8 Å². The lowest BCUT2D eigenvalue weighted by Crippen LogP contribution is -2.27. The van der Waals surface area contributed by atoms with Crippen LogP contribution in [0.4, 0.5) is 0 Å². The van der Waals surface area contributed by atoms with Crippen molar-refractivity contribution >= 4 is 35.0 Å². The highest BCUT2D eigenvalue weighted by Crippen LogP contribution is 2.22. The van der Waals surface area contributed by atoms with Gasteiger partial charge < -0.3 is 25.3 Å². The van der Waals surface area contributed by atoms with Crippen molar-refractivity contribution < 1.29 is 24.2 Å². The van der Waals surface area contributed by atoms with Gasteiger partial charge in [0.15, 0.2) is 0 Å². The largest absolute Gasteiger partial charge is 0.497 e. The summed E-state index contributed by atoms with van der Waals surface area (Å²) in [4.78, 5) is 28.6. The van der Waals surface area contributed by atoms with E-state index in [1.54, 1.807) is 25.5 Å². The van der Waals surface area contributed by atoms with E-state index in [0.717, 1.165) is 41.6 Å². The highest BCUT2D eigenvalue weighted by atomic mass is 16.5. The van der Waals surface area contributed by atoms with E-state index in [1.165, 1.54) is 25.5 Å². The van der Waals surface area contributed by atoms with Gasteiger partial charge in [0.2, 0.25) is 5.96 Å². The standard InChI is InChI=1S/C16H23N5O.C9H8O4/c1-3-4-5-8-18-16(17)21-20-11-12-10-19-15-7-6-13(22-2)9-14(12)15;1-6(10)13-8-5-3-2-4-7(8)9(11)12/h6-7,9-11,19H,3-5,8H2,1-2H3,(H3,17,18,21);2-5H,1H3,(H,11,12)/b20-11+;. The molecule has 1 heterocycles. The number of aromatic nitrogens is 1. The summed E-state index contributed by atoms with van der Waals surface area (Å²) in [6, 6.07) is 11.8. The number of guanidine groups is 1. The Morgan fingerprint density at radius 3 is 2.66 bits per heavy atom. The predicted octanol–water partition coefficient (Wildman–Crippen LogP) is 3.92. The number of methoxy groups -OCH3 is 1. The number of carboxylic acid groups (broad SMARTS) is 1. The maximum atomic E-state index is 10.6. The first-order valence-electron chi connectivity index (χ1n) is 11.1. The zero-order valence-corrected chi connectivity index (χ0v) is 20.1. The zero-order valence-electron chi connectivity index (χ0n) is 20.1. The molecule has 1 aromatic heterocycles. The number of unbranched alkanes of at least 4 members (excludes halogenated alkanes) is 2. The monoisotopic (exact) mass is 481 g/mol. The van der Waals surface area contributed by atoms with Crippen LogP contribution < -0.4 is 20.6 Å². The quantitative estimate of drug-likeness (QED) is 0.0903. The second-order valence-electron chi connectivity index (χ2n) is 7.39. The lowest BCUT2D eigenvalue weighted by Gasteiger charge is -2.03. The van der Waals surface area contributed by atoms with Crippen molar-refractivity contribution in [2.45, 2.75) is 33.1 Å². The molecule has 3 rings (SSSR count). The van der Waals surface area contributed by atoms with Crippen LogP contribution in [0.3, 0.4) is 0 Å². The van der Waals surface area contributed by atoms with E-state index in [4.69, 9.17) is 15.6 Å². The van der Waals surface area contributed by atoms with Gasteiger partial charge in [0.25, 0.3) is 0 Å². The van der Waals surface area contributed by atoms with Crippen molar-refractivity contribution in [2.24, 2.45) is 15.8 Å². The van der Waals surface area contributed by atoms with Gasteiger partial charge in [-0.05, 0) is 36.8 Å². The van der Waals surface area contributed by atoms with E-state index in [1.807, 2.05) is 24.4 Å². The number of aromatic amines is 1. The van der Waals surface area contributed by atoms with Crippen LogP contribution in [0, 0.1) is 0 Å². The van der Waals surface area contributed by atoms with Crippen LogP contribution in [0.1, 0.15) is 49.0 Å². The fourth-order valence-electron chi connectivity index (χ4n) is 3.01. The lowest BCUT2D eigenvalue weighted by atomic mass is 10.2. The highest BCUT2D eigenvalue weighted by Gasteiger charge is 2.11. The minimum Gasteiger partial charge on any atom is -0.497 e. The van der Waals surface area contributed by atoms with Crippen LogP contribution in [0.2, 0.25) is 0 Å². The van der Waals surface area contributed by atoms with E-state index in [0.29, 0.717) is 5.96 Å². The molecule has 0 aliphatic heterocycles. The summed E-state index contributed by atoms with van der Waals surface area (Å²) in [6.07, 6.45) is 6.99. The summed E-state index contributed by atoms with van der Waals surface area (Å²) in [7, 11) is 1.65. The summed E-state index contributed by atoms with van der Waals surface area (Å²) >= 11 is 0. The maximum absolute atomic E-state index is 10.6. The number of para-hydroxylation sites is 1. The summed E-state index contributed by atoms with van der Waals surface area (Å²) < 4.78 is 9.93. The van der Waals surface area contributed by atoms with Gasteiger partial charge in [-0.15, -0.1) is 0 Å². The van der Waals surface area contributed by atoms with Gasteiger partial charge in [-0.2, -0.15) is 5.10 Å². The topological polar surface area (TPSA) is 151 Å². The molecule has 35 heavy (non-hydrogen) atoms. The number of fused-ring (bicyclic) bond motifs is 1. The van der Waals surface area contributed by atoms with Gasteiger partial charge in [0, 0.05) is 36.1 Å². The molecule has 3 aromatic rings. The van der Waals surface area contributed by atoms with Crippen LogP contribution >= 0.6 is 0 Å². The summed E-state index contributed by atoms with van der Waals surface area (Å²) in [5, 5.41) is 13.9. The molecule has 0 amide bonds. The number of ether oxygens (including phenoxy) is 2. The molecule has 0 spiro atoms. The van der Waals surface area contributed by atoms with Crippen LogP contribution in [0.25, 0.3) is 10.9 Å². The van der Waals surface area contributed by atoms with Crippen LogP contribution in [-0.4, -0.2) is 47.9 Å². The van der Waals surface area contributed by atoms with Gasteiger partial charge in [0.05, 0.1) is 13.3 Å². The molecule has 0 radical (unpaired) electrons. The van der Waals surface area contributed by atoms with Gasteiger partial charge in [-0.1, -0.05) is 31.9 Å². The SMILES string of the molecule is CC(=O)Oc1ccccc1C(=O)O.CCCCCN=C(N)N/N=C/c1c[nH]c2ccc(OC)cc12. The molecule has 0 saturated heterocycles. The molecule has 10 heteroatoms. The van der Waals surface area contributed by atoms with Crippen molar-refractivity contribution in [2.75, 3.05) is 13.7 Å². The number of carbonyl (C=O) groups is 2. The molecule has 0 bridgehead atoms. The molecule has 5 N–H and O–H groups in total. The average Bonchev–Trinajstić information content (AvgIpc) is 3.24. The highest BCUT2D eigenvalue weighted by molar-refractivity contribution is 5.99. The number of hydrazone groups is 1. The molecule has 186 valence electrons. The third-order valence-corrected chi connectivity index (χ3v) is 4.72. The van der Waals surface area contributed by atoms with Gasteiger partial charge in [-0.3, -0.25) is 9.79 Å². The number of nitrogens with one attached hydrogen (secondary N) is 2. The lowest BCUT2D eigenvalue weighted by molar-refractivity contribution is -0.131. The number of esters is 1. The molecular weight excluding hydrogens is 450 g/mol. The minimum absolute atomic E-state index is 0.0160. The number of rotatable bonds is 9. The Kier molecular flexibility index (Phi) is 10.8. The molecule has 0 aliphatic rings. The molecule has 0 aliphatic carbocycles. The van der Waals surface area contributed by atoms with Crippen LogP contribution in [-0.2, 0) is 4.79 Å². The number of aliphatic imine (C=N–C) groups is 1. The van der Waals surface area contributed by atoms with E-state index >= 15 is 0 Å². The van der Waals surface area contributed by atoms with Crippen molar-refractivity contribution in [1.82, 2.24) is 10.4 Å². The Labute approximate surface area is 203 Å². The molecule has 0 fully saturated rings. The number of hydrogen-bond acceptors (Lipinski definition) is 6. The smallest absolute Gasteiger partial charge is 0.339 e.